The summed E-state index contributed by atoms with van der Waals surface area (Å²) in [5, 5.41) is 0. The Bertz CT molecular complexity index is 290. The van der Waals surface area contributed by atoms with Gasteiger partial charge in [0.05, 0.1) is 18.1 Å². The van der Waals surface area contributed by atoms with Crippen molar-refractivity contribution in [2.75, 3.05) is 20.0 Å². The van der Waals surface area contributed by atoms with Crippen LogP contribution in [0, 0.1) is 11.3 Å². The average molecular weight is 304 g/mol. The van der Waals surface area contributed by atoms with Crippen molar-refractivity contribution >= 4 is 5.97 Å². The Kier molecular flexibility index (Phi) is 9.83. The maximum atomic E-state index is 11.7. The molecule has 0 saturated heterocycles. The number of esters is 1. The number of rotatable bonds is 8. The Morgan fingerprint density at radius 3 is 2.48 bits per heavy atom. The lowest BCUT2D eigenvalue weighted by Crippen LogP contribution is -2.28. The molecule has 1 aliphatic carbocycles. The number of carbonyl (C=O) groups is 1. The van der Waals surface area contributed by atoms with Gasteiger partial charge in [-0.05, 0) is 39.0 Å². The molecule has 0 heterocycles. The minimum Gasteiger partial charge on any atom is -0.463 e. The largest absolute Gasteiger partial charge is 0.463 e. The lowest BCUT2D eigenvalue weighted by Gasteiger charge is -2.28. The summed E-state index contributed by atoms with van der Waals surface area (Å²) in [6.07, 6.45) is 6.03. The van der Waals surface area contributed by atoms with Crippen LogP contribution in [-0.4, -0.2) is 37.6 Å². The average Bonchev–Trinajstić information content (AvgIpc) is 2.44. The fraction of sp³-hybridized carbons (Fsp3) is 0.938. The molecule has 0 aliphatic heterocycles. The van der Waals surface area contributed by atoms with E-state index < -0.39 is 5.41 Å². The van der Waals surface area contributed by atoms with Crippen molar-refractivity contribution in [2.24, 2.45) is 11.3 Å². The Balaban J connectivity index is 0.00000400. The van der Waals surface area contributed by atoms with Gasteiger partial charge in [0.2, 0.25) is 0 Å². The molecule has 0 aromatic rings. The van der Waals surface area contributed by atoms with Gasteiger partial charge in [-0.25, -0.2) is 0 Å². The van der Waals surface area contributed by atoms with Gasteiger partial charge in [0.25, 0.3) is 0 Å². The standard InChI is InChI=1S/C16H30O4.H2O/c1-5-16(3,4)15(17)19-11-10-18-12-20-14-9-7-6-8-13(14)2;/h13-14H,5-12H2,1-4H3;1H2. The molecule has 126 valence electrons. The SMILES string of the molecule is CCC(C)(C)C(=O)OCCOCOC1CCCCC1C.O. The van der Waals surface area contributed by atoms with E-state index >= 15 is 0 Å². The van der Waals surface area contributed by atoms with Gasteiger partial charge in [-0.2, -0.15) is 0 Å². The maximum absolute atomic E-state index is 11.7. The predicted octanol–water partition coefficient (Wildman–Crippen LogP) is 2.71. The third kappa shape index (κ3) is 7.25. The van der Waals surface area contributed by atoms with E-state index in [9.17, 15) is 4.79 Å². The van der Waals surface area contributed by atoms with Crippen molar-refractivity contribution in [2.45, 2.75) is 65.9 Å². The quantitative estimate of drug-likeness (QED) is 0.392. The smallest absolute Gasteiger partial charge is 0.311 e. The molecule has 2 atom stereocenters. The van der Waals surface area contributed by atoms with Crippen LogP contribution >= 0.6 is 0 Å². The minimum absolute atomic E-state index is 0. The lowest BCUT2D eigenvalue weighted by atomic mass is 9.88. The summed E-state index contributed by atoms with van der Waals surface area (Å²) in [6, 6.07) is 0. The Labute approximate surface area is 128 Å². The van der Waals surface area contributed by atoms with Crippen LogP contribution in [0.25, 0.3) is 0 Å². The zero-order valence-electron chi connectivity index (χ0n) is 13.9. The summed E-state index contributed by atoms with van der Waals surface area (Å²) in [5.41, 5.74) is -0.409. The summed E-state index contributed by atoms with van der Waals surface area (Å²) >= 11 is 0. The summed E-state index contributed by atoms with van der Waals surface area (Å²) in [5.74, 6) is 0.459. The second-order valence-corrected chi connectivity index (χ2v) is 6.37. The van der Waals surface area contributed by atoms with Gasteiger partial charge in [0.15, 0.2) is 0 Å². The highest BCUT2D eigenvalue weighted by Crippen LogP contribution is 2.26. The van der Waals surface area contributed by atoms with Crippen LogP contribution in [0.2, 0.25) is 0 Å². The van der Waals surface area contributed by atoms with E-state index in [1.54, 1.807) is 0 Å². The van der Waals surface area contributed by atoms with Gasteiger partial charge in [0.1, 0.15) is 13.4 Å². The van der Waals surface area contributed by atoms with E-state index in [1.807, 2.05) is 20.8 Å². The third-order valence-corrected chi connectivity index (χ3v) is 4.30. The number of carbonyl (C=O) groups excluding carboxylic acids is 1. The fourth-order valence-electron chi connectivity index (χ4n) is 2.26. The van der Waals surface area contributed by atoms with E-state index in [1.165, 1.54) is 19.3 Å². The zero-order valence-corrected chi connectivity index (χ0v) is 13.9. The summed E-state index contributed by atoms with van der Waals surface area (Å²) in [6.45, 7) is 8.99. The van der Waals surface area contributed by atoms with Crippen LogP contribution < -0.4 is 0 Å². The molecule has 1 fully saturated rings. The first-order chi connectivity index (χ1) is 9.47. The summed E-state index contributed by atoms with van der Waals surface area (Å²) < 4.78 is 16.3. The minimum atomic E-state index is -0.409. The van der Waals surface area contributed by atoms with Crippen LogP contribution in [0.4, 0.5) is 0 Å². The molecule has 0 aromatic heterocycles. The molecular weight excluding hydrogens is 272 g/mol. The van der Waals surface area contributed by atoms with Crippen molar-refractivity contribution < 1.29 is 24.5 Å². The van der Waals surface area contributed by atoms with Gasteiger partial charge in [-0.15, -0.1) is 0 Å². The van der Waals surface area contributed by atoms with Gasteiger partial charge >= 0.3 is 5.97 Å². The van der Waals surface area contributed by atoms with Gasteiger partial charge < -0.3 is 19.7 Å². The summed E-state index contributed by atoms with van der Waals surface area (Å²) in [4.78, 5) is 11.7. The van der Waals surface area contributed by atoms with Gasteiger partial charge in [-0.1, -0.05) is 26.7 Å². The predicted molar refractivity (Wildman–Crippen MR) is 82.0 cm³/mol. The Hall–Kier alpha value is -0.650. The van der Waals surface area contributed by atoms with Crippen molar-refractivity contribution in [1.82, 2.24) is 0 Å². The first kappa shape index (κ1) is 20.3. The number of hydrogen-bond acceptors (Lipinski definition) is 4. The van der Waals surface area contributed by atoms with Crippen LogP contribution in [0.3, 0.4) is 0 Å². The normalized spacial score (nSPS) is 22.5. The summed E-state index contributed by atoms with van der Waals surface area (Å²) in [7, 11) is 0. The molecule has 0 radical (unpaired) electrons. The third-order valence-electron chi connectivity index (χ3n) is 4.30. The van der Waals surface area contributed by atoms with Crippen LogP contribution in [-0.2, 0) is 19.0 Å². The molecule has 5 nitrogen and oxygen atoms in total. The molecule has 2 unspecified atom stereocenters. The highest BCUT2D eigenvalue weighted by molar-refractivity contribution is 5.75. The van der Waals surface area contributed by atoms with Gasteiger partial charge in [0, 0.05) is 0 Å². The first-order valence-corrected chi connectivity index (χ1v) is 7.84. The highest BCUT2D eigenvalue weighted by Gasteiger charge is 2.26. The van der Waals surface area contributed by atoms with E-state index in [0.29, 0.717) is 32.0 Å². The Morgan fingerprint density at radius 2 is 1.86 bits per heavy atom. The molecular formula is C16H32O5. The maximum Gasteiger partial charge on any atom is 0.311 e. The molecule has 1 saturated carbocycles. The molecule has 5 heteroatoms. The van der Waals surface area contributed by atoms with Crippen LogP contribution in [0.5, 0.6) is 0 Å². The molecule has 0 spiro atoms. The lowest BCUT2D eigenvalue weighted by molar-refractivity contribution is -0.159. The zero-order chi connectivity index (χ0) is 15.0. The molecule has 21 heavy (non-hydrogen) atoms. The van der Waals surface area contributed by atoms with Crippen molar-refractivity contribution in [1.29, 1.82) is 0 Å². The topological polar surface area (TPSA) is 76.3 Å². The highest BCUT2D eigenvalue weighted by atomic mass is 16.7. The van der Waals surface area contributed by atoms with E-state index in [0.717, 1.165) is 12.8 Å². The molecule has 0 amide bonds. The molecule has 1 rings (SSSR count). The van der Waals surface area contributed by atoms with Crippen LogP contribution in [0.15, 0.2) is 0 Å². The first-order valence-electron chi connectivity index (χ1n) is 7.84. The Morgan fingerprint density at radius 1 is 1.19 bits per heavy atom. The van der Waals surface area contributed by atoms with E-state index in [4.69, 9.17) is 14.2 Å². The molecule has 0 aromatic carbocycles. The van der Waals surface area contributed by atoms with Crippen molar-refractivity contribution in [3.63, 3.8) is 0 Å². The second-order valence-electron chi connectivity index (χ2n) is 6.37. The number of ether oxygens (including phenoxy) is 3. The fourth-order valence-corrected chi connectivity index (χ4v) is 2.26. The monoisotopic (exact) mass is 304 g/mol. The van der Waals surface area contributed by atoms with E-state index in [2.05, 4.69) is 6.92 Å². The molecule has 1 aliphatic rings. The van der Waals surface area contributed by atoms with Gasteiger partial charge in [-0.3, -0.25) is 4.79 Å². The van der Waals surface area contributed by atoms with Crippen molar-refractivity contribution in [3.8, 4) is 0 Å². The second kappa shape index (κ2) is 10.1. The van der Waals surface area contributed by atoms with Crippen molar-refractivity contribution in [3.05, 3.63) is 0 Å². The van der Waals surface area contributed by atoms with E-state index in [-0.39, 0.29) is 11.4 Å². The number of hydrogen-bond donors (Lipinski definition) is 0. The van der Waals surface area contributed by atoms with Crippen LogP contribution in [0.1, 0.15) is 59.8 Å². The molecule has 2 N–H and O–H groups in total. The molecule has 0 bridgehead atoms.